The lowest BCUT2D eigenvalue weighted by Crippen LogP contribution is -2.29. The van der Waals surface area contributed by atoms with E-state index < -0.39 is 0 Å². The first kappa shape index (κ1) is 20.8. The van der Waals surface area contributed by atoms with Crippen molar-refractivity contribution in [2.24, 2.45) is 5.92 Å². The molecule has 2 aromatic rings. The van der Waals surface area contributed by atoms with Crippen molar-refractivity contribution in [3.63, 3.8) is 0 Å². The molecule has 0 spiro atoms. The minimum atomic E-state index is -0.0570. The molecule has 142 valence electrons. The van der Waals surface area contributed by atoms with Gasteiger partial charge in [0, 0.05) is 16.7 Å². The van der Waals surface area contributed by atoms with E-state index in [1.165, 1.54) is 31.1 Å². The van der Waals surface area contributed by atoms with Gasteiger partial charge in [-0.1, -0.05) is 0 Å². The van der Waals surface area contributed by atoms with Crippen LogP contribution >= 0.6 is 35.1 Å². The number of amides is 2. The molecule has 2 heterocycles. The van der Waals surface area contributed by atoms with Crippen molar-refractivity contribution in [3.8, 4) is 10.6 Å². The smallest absolute Gasteiger partial charge is 0.240 e. The van der Waals surface area contributed by atoms with Crippen LogP contribution in [0.15, 0.2) is 12.1 Å². The van der Waals surface area contributed by atoms with Crippen molar-refractivity contribution in [1.29, 1.82) is 0 Å². The van der Waals surface area contributed by atoms with E-state index in [0.29, 0.717) is 18.2 Å². The average molecular weight is 415 g/mol. The van der Waals surface area contributed by atoms with Crippen LogP contribution in [0.4, 0.5) is 5.13 Å². The molecule has 2 amide bonds. The first-order chi connectivity index (χ1) is 12.0. The number of nitrogens with zero attached hydrogens (tertiary/aromatic N) is 1. The predicted molar refractivity (Wildman–Crippen MR) is 109 cm³/mol. The van der Waals surface area contributed by atoms with Crippen LogP contribution in [-0.2, 0) is 16.1 Å². The molecule has 1 aliphatic rings. The third-order valence-corrected chi connectivity index (χ3v) is 5.84. The topological polar surface area (TPSA) is 83.1 Å². The molecule has 6 nitrogen and oxygen atoms in total. The second kappa shape index (κ2) is 9.45. The van der Waals surface area contributed by atoms with E-state index in [4.69, 9.17) is 0 Å². The number of aromatic nitrogens is 1. The fraction of sp³-hybridized carbons (Fsp3) is 0.471. The van der Waals surface area contributed by atoms with E-state index in [2.05, 4.69) is 20.9 Å². The number of carbonyl (C=O) groups is 2. The SMILES string of the molecule is CC(=O)NCc1ccc(-c2nc(NC(=O)CNCC3CC3)sc2C)s1.Cl. The first-order valence-corrected chi connectivity index (χ1v) is 9.96. The highest BCUT2D eigenvalue weighted by molar-refractivity contribution is 7.18. The van der Waals surface area contributed by atoms with Crippen LogP contribution < -0.4 is 16.0 Å². The van der Waals surface area contributed by atoms with Gasteiger partial charge in [0.2, 0.25) is 11.8 Å². The van der Waals surface area contributed by atoms with Crippen molar-refractivity contribution in [3.05, 3.63) is 21.9 Å². The Kier molecular flexibility index (Phi) is 7.57. The van der Waals surface area contributed by atoms with Gasteiger partial charge in [0.15, 0.2) is 5.13 Å². The molecule has 0 radical (unpaired) electrons. The summed E-state index contributed by atoms with van der Waals surface area (Å²) in [5.41, 5.74) is 0.894. The van der Waals surface area contributed by atoms with Gasteiger partial charge < -0.3 is 16.0 Å². The van der Waals surface area contributed by atoms with E-state index in [9.17, 15) is 9.59 Å². The number of aryl methyl sites for hydroxylation is 1. The molecule has 1 aliphatic carbocycles. The molecule has 0 aliphatic heterocycles. The summed E-state index contributed by atoms with van der Waals surface area (Å²) in [4.78, 5) is 30.7. The molecule has 0 aromatic carbocycles. The van der Waals surface area contributed by atoms with Gasteiger partial charge in [-0.25, -0.2) is 4.98 Å². The van der Waals surface area contributed by atoms with E-state index in [1.54, 1.807) is 11.3 Å². The van der Waals surface area contributed by atoms with Crippen LogP contribution in [-0.4, -0.2) is 29.9 Å². The Labute approximate surface area is 167 Å². The summed E-state index contributed by atoms with van der Waals surface area (Å²) < 4.78 is 0. The van der Waals surface area contributed by atoms with E-state index in [-0.39, 0.29) is 24.2 Å². The molecule has 0 atom stereocenters. The van der Waals surface area contributed by atoms with Gasteiger partial charge in [0.1, 0.15) is 0 Å². The standard InChI is InChI=1S/C17H22N4O2S2.ClH/c1-10-16(14-6-5-13(25-14)8-19-11(2)22)21-17(24-10)20-15(23)9-18-7-12-3-4-12;/h5-6,12,18H,3-4,7-9H2,1-2H3,(H,19,22)(H,20,21,23);1H. The molecule has 9 heteroatoms. The van der Waals surface area contributed by atoms with Crippen molar-refractivity contribution in [2.45, 2.75) is 33.2 Å². The van der Waals surface area contributed by atoms with Crippen LogP contribution in [0.1, 0.15) is 29.5 Å². The molecule has 0 bridgehead atoms. The second-order valence-corrected chi connectivity index (χ2v) is 8.59. The van der Waals surface area contributed by atoms with Crippen molar-refractivity contribution in [2.75, 3.05) is 18.4 Å². The second-order valence-electron chi connectivity index (χ2n) is 6.22. The van der Waals surface area contributed by atoms with Gasteiger partial charge in [-0.05, 0) is 44.4 Å². The fourth-order valence-electron chi connectivity index (χ4n) is 2.37. The van der Waals surface area contributed by atoms with Gasteiger partial charge in [0.25, 0.3) is 0 Å². The van der Waals surface area contributed by atoms with Crippen LogP contribution in [0.5, 0.6) is 0 Å². The third-order valence-electron chi connectivity index (χ3n) is 3.87. The summed E-state index contributed by atoms with van der Waals surface area (Å²) in [5, 5.41) is 9.47. The zero-order chi connectivity index (χ0) is 17.8. The summed E-state index contributed by atoms with van der Waals surface area (Å²) in [6.45, 7) is 5.28. The lowest BCUT2D eigenvalue weighted by Gasteiger charge is -2.03. The minimum absolute atomic E-state index is 0. The van der Waals surface area contributed by atoms with E-state index in [1.807, 2.05) is 19.1 Å². The average Bonchev–Trinajstić information content (AvgIpc) is 3.13. The van der Waals surface area contributed by atoms with Crippen molar-refractivity contribution in [1.82, 2.24) is 15.6 Å². The molecule has 1 saturated carbocycles. The molecule has 26 heavy (non-hydrogen) atoms. The number of halogens is 1. The van der Waals surface area contributed by atoms with E-state index >= 15 is 0 Å². The Hall–Kier alpha value is -1.48. The minimum Gasteiger partial charge on any atom is -0.351 e. The lowest BCUT2D eigenvalue weighted by atomic mass is 10.3. The Bertz CT molecular complexity index is 771. The maximum Gasteiger partial charge on any atom is 0.240 e. The molecular weight excluding hydrogens is 392 g/mol. The highest BCUT2D eigenvalue weighted by Gasteiger charge is 2.21. The third kappa shape index (κ3) is 6.05. The number of hydrogen-bond acceptors (Lipinski definition) is 6. The number of thiophene rings is 1. The molecule has 1 fully saturated rings. The molecule has 0 saturated heterocycles. The van der Waals surface area contributed by atoms with Gasteiger partial charge in [-0.2, -0.15) is 0 Å². The Morgan fingerprint density at radius 2 is 2.04 bits per heavy atom. The fourth-order valence-corrected chi connectivity index (χ4v) is 4.27. The van der Waals surface area contributed by atoms with Gasteiger partial charge in [0.05, 0.1) is 23.7 Å². The molecule has 2 aromatic heterocycles. The summed E-state index contributed by atoms with van der Waals surface area (Å²) in [7, 11) is 0. The number of carbonyl (C=O) groups excluding carboxylic acids is 2. The summed E-state index contributed by atoms with van der Waals surface area (Å²) in [5.74, 6) is 0.658. The van der Waals surface area contributed by atoms with Gasteiger partial charge >= 0.3 is 0 Å². The molecular formula is C17H23ClN4O2S2. The van der Waals surface area contributed by atoms with Gasteiger partial charge in [-0.3, -0.25) is 9.59 Å². The molecule has 0 unspecified atom stereocenters. The predicted octanol–water partition coefficient (Wildman–Crippen LogP) is 3.18. The zero-order valence-electron chi connectivity index (χ0n) is 14.8. The normalized spacial score (nSPS) is 13.2. The van der Waals surface area contributed by atoms with Crippen LogP contribution in [0.2, 0.25) is 0 Å². The summed E-state index contributed by atoms with van der Waals surface area (Å²) in [6, 6.07) is 4.00. The van der Waals surface area contributed by atoms with Crippen LogP contribution in [0, 0.1) is 12.8 Å². The largest absolute Gasteiger partial charge is 0.351 e. The zero-order valence-corrected chi connectivity index (χ0v) is 17.2. The lowest BCUT2D eigenvalue weighted by molar-refractivity contribution is -0.119. The molecule has 3 rings (SSSR count). The maximum atomic E-state index is 12.0. The van der Waals surface area contributed by atoms with Crippen molar-refractivity contribution >= 4 is 52.0 Å². The Morgan fingerprint density at radius 1 is 1.27 bits per heavy atom. The maximum absolute atomic E-state index is 12.0. The monoisotopic (exact) mass is 414 g/mol. The highest BCUT2D eigenvalue weighted by Crippen LogP contribution is 2.34. The quantitative estimate of drug-likeness (QED) is 0.619. The Balaban J connectivity index is 0.00000243. The highest BCUT2D eigenvalue weighted by atomic mass is 35.5. The Morgan fingerprint density at radius 3 is 2.73 bits per heavy atom. The number of hydrogen-bond donors (Lipinski definition) is 3. The first-order valence-electron chi connectivity index (χ1n) is 8.33. The number of anilines is 1. The van der Waals surface area contributed by atoms with Gasteiger partial charge in [-0.15, -0.1) is 35.1 Å². The number of rotatable bonds is 8. The van der Waals surface area contributed by atoms with Crippen molar-refractivity contribution < 1.29 is 9.59 Å². The summed E-state index contributed by atoms with van der Waals surface area (Å²) >= 11 is 3.09. The summed E-state index contributed by atoms with van der Waals surface area (Å²) in [6.07, 6.45) is 2.54. The van der Waals surface area contributed by atoms with Crippen LogP contribution in [0.25, 0.3) is 10.6 Å². The van der Waals surface area contributed by atoms with E-state index in [0.717, 1.165) is 32.8 Å². The van der Waals surface area contributed by atoms with Crippen LogP contribution in [0.3, 0.4) is 0 Å². The number of thiazole rings is 1. The number of nitrogens with one attached hydrogen (secondary N) is 3. The molecule has 3 N–H and O–H groups in total.